The summed E-state index contributed by atoms with van der Waals surface area (Å²) in [6.07, 6.45) is 0. The van der Waals surface area contributed by atoms with Gasteiger partial charge in [0, 0.05) is 31.2 Å². The summed E-state index contributed by atoms with van der Waals surface area (Å²) in [5.41, 5.74) is 2.35. The molecule has 1 unspecified atom stereocenters. The third-order valence-electron chi connectivity index (χ3n) is 7.37. The van der Waals surface area contributed by atoms with Gasteiger partial charge in [0.05, 0.1) is 18.1 Å². The highest BCUT2D eigenvalue weighted by Crippen LogP contribution is 2.25. The van der Waals surface area contributed by atoms with Gasteiger partial charge >= 0.3 is 0 Å². The van der Waals surface area contributed by atoms with Crippen molar-refractivity contribution in [3.05, 3.63) is 131 Å². The van der Waals surface area contributed by atoms with Crippen LogP contribution >= 0.6 is 11.6 Å². The van der Waals surface area contributed by atoms with E-state index in [-0.39, 0.29) is 30.5 Å². The summed E-state index contributed by atoms with van der Waals surface area (Å²) in [4.78, 5) is 29.3. The maximum absolute atomic E-state index is 13.9. The Balaban J connectivity index is 1.35. The van der Waals surface area contributed by atoms with E-state index >= 15 is 0 Å². The van der Waals surface area contributed by atoms with Crippen LogP contribution in [-0.2, 0) is 37.4 Å². The van der Waals surface area contributed by atoms with Crippen molar-refractivity contribution in [2.75, 3.05) is 32.9 Å². The van der Waals surface area contributed by atoms with Crippen LogP contribution in [0.3, 0.4) is 0 Å². The van der Waals surface area contributed by atoms with Crippen LogP contribution in [0.25, 0.3) is 0 Å². The van der Waals surface area contributed by atoms with Gasteiger partial charge in [-0.1, -0.05) is 84.4 Å². The number of hydrogen-bond acceptors (Lipinski definition) is 6. The third kappa shape index (κ3) is 8.49. The van der Waals surface area contributed by atoms with Crippen LogP contribution in [0.2, 0.25) is 5.02 Å². The third-order valence-corrected chi connectivity index (χ3v) is 9.53. The quantitative estimate of drug-likeness (QED) is 0.236. The SMILES string of the molecule is O=C(NCc1ccc(Cl)cc1)C(c1ccccc1)N(Cc1ccccc1)C(=O)COc1ccc(S(=O)(=O)N2CCOCC2)cc1. The summed E-state index contributed by atoms with van der Waals surface area (Å²) in [6, 6.07) is 30.7. The summed E-state index contributed by atoms with van der Waals surface area (Å²) in [7, 11) is -3.67. The average Bonchev–Trinajstić information content (AvgIpc) is 3.08. The first-order valence-corrected chi connectivity index (χ1v) is 16.3. The predicted octanol–water partition coefficient (Wildman–Crippen LogP) is 4.83. The van der Waals surface area contributed by atoms with Gasteiger partial charge in [0.2, 0.25) is 15.9 Å². The summed E-state index contributed by atoms with van der Waals surface area (Å²) in [6.45, 7) is 1.34. The highest BCUT2D eigenvalue weighted by molar-refractivity contribution is 7.89. The number of sulfonamides is 1. The summed E-state index contributed by atoms with van der Waals surface area (Å²) < 4.78 is 38.5. The molecule has 9 nitrogen and oxygen atoms in total. The minimum Gasteiger partial charge on any atom is -0.484 e. The Kier molecular flexibility index (Phi) is 10.9. The van der Waals surface area contributed by atoms with Crippen LogP contribution in [0.1, 0.15) is 22.7 Å². The molecule has 5 rings (SSSR count). The number of halogens is 1. The Morgan fingerprint density at radius 2 is 1.47 bits per heavy atom. The number of nitrogens with zero attached hydrogens (tertiary/aromatic N) is 2. The number of carbonyl (C=O) groups excluding carboxylic acids is 2. The van der Waals surface area contributed by atoms with E-state index in [0.717, 1.165) is 11.1 Å². The molecule has 11 heteroatoms. The molecular formula is C34H34ClN3O6S. The molecule has 234 valence electrons. The number of nitrogens with one attached hydrogen (secondary N) is 1. The Labute approximate surface area is 268 Å². The van der Waals surface area contributed by atoms with Crippen molar-refractivity contribution < 1.29 is 27.5 Å². The Bertz CT molecular complexity index is 1670. The lowest BCUT2D eigenvalue weighted by Gasteiger charge is -2.31. The van der Waals surface area contributed by atoms with E-state index < -0.39 is 22.0 Å². The minimum atomic E-state index is -3.67. The first kappa shape index (κ1) is 32.2. The molecule has 1 N–H and O–H groups in total. The van der Waals surface area contributed by atoms with Crippen molar-refractivity contribution in [1.29, 1.82) is 0 Å². The van der Waals surface area contributed by atoms with E-state index in [4.69, 9.17) is 21.1 Å². The van der Waals surface area contributed by atoms with Gasteiger partial charge in [0.15, 0.2) is 6.61 Å². The van der Waals surface area contributed by atoms with Crippen LogP contribution < -0.4 is 10.1 Å². The summed E-state index contributed by atoms with van der Waals surface area (Å²) >= 11 is 6.02. The molecule has 2 amide bonds. The highest BCUT2D eigenvalue weighted by Gasteiger charge is 2.32. The Morgan fingerprint density at radius 3 is 2.11 bits per heavy atom. The minimum absolute atomic E-state index is 0.135. The van der Waals surface area contributed by atoms with Crippen LogP contribution in [0.5, 0.6) is 5.75 Å². The Morgan fingerprint density at radius 1 is 0.844 bits per heavy atom. The second-order valence-electron chi connectivity index (χ2n) is 10.4. The maximum Gasteiger partial charge on any atom is 0.261 e. The topological polar surface area (TPSA) is 105 Å². The normalized spacial score (nSPS) is 14.3. The fourth-order valence-electron chi connectivity index (χ4n) is 4.97. The number of rotatable bonds is 12. The standard InChI is InChI=1S/C34H34ClN3O6S/c35-29-13-11-26(12-14-29)23-36-34(40)33(28-9-5-2-6-10-28)38(24-27-7-3-1-4-8-27)32(39)25-44-30-15-17-31(18-16-30)45(41,42)37-19-21-43-22-20-37/h1-18,33H,19-25H2,(H,36,40). The number of amides is 2. The van der Waals surface area contributed by atoms with E-state index in [1.54, 1.807) is 12.1 Å². The molecule has 1 heterocycles. The zero-order chi connectivity index (χ0) is 31.6. The van der Waals surface area contributed by atoms with Crippen LogP contribution in [0.4, 0.5) is 0 Å². The van der Waals surface area contributed by atoms with Gasteiger partial charge in [-0.2, -0.15) is 4.31 Å². The lowest BCUT2D eigenvalue weighted by Crippen LogP contribution is -2.45. The van der Waals surface area contributed by atoms with Gasteiger partial charge in [0.25, 0.3) is 5.91 Å². The van der Waals surface area contributed by atoms with E-state index in [0.29, 0.717) is 42.6 Å². The number of benzene rings is 4. The molecule has 1 atom stereocenters. The molecule has 1 fully saturated rings. The van der Waals surface area contributed by atoms with Crippen molar-refractivity contribution in [3.63, 3.8) is 0 Å². The van der Waals surface area contributed by atoms with E-state index in [1.165, 1.54) is 33.5 Å². The van der Waals surface area contributed by atoms with Gasteiger partial charge in [-0.25, -0.2) is 8.42 Å². The van der Waals surface area contributed by atoms with Crippen LogP contribution in [-0.4, -0.2) is 62.3 Å². The molecule has 0 spiro atoms. The van der Waals surface area contributed by atoms with Crippen molar-refractivity contribution in [2.24, 2.45) is 0 Å². The van der Waals surface area contributed by atoms with E-state index in [9.17, 15) is 18.0 Å². The predicted molar refractivity (Wildman–Crippen MR) is 171 cm³/mol. The van der Waals surface area contributed by atoms with Gasteiger partial charge in [0.1, 0.15) is 11.8 Å². The van der Waals surface area contributed by atoms with Gasteiger partial charge in [-0.15, -0.1) is 0 Å². The summed E-state index contributed by atoms with van der Waals surface area (Å²) in [5, 5.41) is 3.57. The first-order chi connectivity index (χ1) is 21.8. The molecule has 1 aliphatic rings. The molecule has 0 saturated carbocycles. The number of ether oxygens (including phenoxy) is 2. The highest BCUT2D eigenvalue weighted by atomic mass is 35.5. The molecule has 0 bridgehead atoms. The number of morpholine rings is 1. The first-order valence-electron chi connectivity index (χ1n) is 14.5. The second-order valence-corrected chi connectivity index (χ2v) is 12.8. The molecule has 0 aromatic heterocycles. The monoisotopic (exact) mass is 647 g/mol. The van der Waals surface area contributed by atoms with Crippen molar-refractivity contribution in [1.82, 2.24) is 14.5 Å². The lowest BCUT2D eigenvalue weighted by molar-refractivity contribution is -0.143. The largest absolute Gasteiger partial charge is 0.484 e. The average molecular weight is 648 g/mol. The molecule has 1 saturated heterocycles. The molecule has 45 heavy (non-hydrogen) atoms. The van der Waals surface area contributed by atoms with Crippen LogP contribution in [0, 0.1) is 0 Å². The zero-order valence-corrected chi connectivity index (χ0v) is 26.1. The Hall–Kier alpha value is -4.22. The fourth-order valence-corrected chi connectivity index (χ4v) is 6.51. The van der Waals surface area contributed by atoms with Crippen LogP contribution in [0.15, 0.2) is 114 Å². The van der Waals surface area contributed by atoms with Crippen molar-refractivity contribution in [2.45, 2.75) is 24.0 Å². The molecule has 1 aliphatic heterocycles. The van der Waals surface area contributed by atoms with Gasteiger partial charge in [-0.3, -0.25) is 9.59 Å². The maximum atomic E-state index is 13.9. The zero-order valence-electron chi connectivity index (χ0n) is 24.5. The number of hydrogen-bond donors (Lipinski definition) is 1. The molecule has 4 aromatic carbocycles. The van der Waals surface area contributed by atoms with Gasteiger partial charge in [-0.05, 0) is 53.1 Å². The van der Waals surface area contributed by atoms with Gasteiger partial charge < -0.3 is 19.7 Å². The molecular weight excluding hydrogens is 614 g/mol. The summed E-state index contributed by atoms with van der Waals surface area (Å²) in [5.74, 6) is -0.440. The smallest absolute Gasteiger partial charge is 0.261 e. The molecule has 0 radical (unpaired) electrons. The van der Waals surface area contributed by atoms with E-state index in [2.05, 4.69) is 5.32 Å². The van der Waals surface area contributed by atoms with E-state index in [1.807, 2.05) is 72.8 Å². The van der Waals surface area contributed by atoms with Crippen molar-refractivity contribution in [3.8, 4) is 5.75 Å². The molecule has 0 aliphatic carbocycles. The van der Waals surface area contributed by atoms with Crippen molar-refractivity contribution >= 4 is 33.4 Å². The number of carbonyl (C=O) groups is 2. The molecule has 4 aromatic rings. The fraction of sp³-hybridized carbons (Fsp3) is 0.235. The lowest BCUT2D eigenvalue weighted by atomic mass is 10.0. The second kappa shape index (κ2) is 15.2.